The van der Waals surface area contributed by atoms with Gasteiger partial charge in [-0.2, -0.15) is 0 Å². The molecule has 2 heterocycles. The van der Waals surface area contributed by atoms with Crippen molar-refractivity contribution in [2.75, 3.05) is 9.96 Å². The molecule has 0 spiro atoms. The fourth-order valence-electron chi connectivity index (χ4n) is 4.25. The number of amides is 2. The number of nitro groups is 1. The van der Waals surface area contributed by atoms with Crippen molar-refractivity contribution in [3.8, 4) is 0 Å². The van der Waals surface area contributed by atoms with Crippen LogP contribution in [0, 0.1) is 16.0 Å². The van der Waals surface area contributed by atoms with Gasteiger partial charge in [0.15, 0.2) is 6.10 Å². The van der Waals surface area contributed by atoms with E-state index < -0.39 is 34.8 Å². The molecular formula is C23H16ClN3O5. The maximum Gasteiger partial charge on any atom is 0.269 e. The highest BCUT2D eigenvalue weighted by molar-refractivity contribution is 6.36. The van der Waals surface area contributed by atoms with E-state index >= 15 is 0 Å². The number of carbonyl (C=O) groups is 2. The summed E-state index contributed by atoms with van der Waals surface area (Å²) in [4.78, 5) is 44.7. The van der Waals surface area contributed by atoms with Crippen LogP contribution < -0.4 is 9.96 Å². The van der Waals surface area contributed by atoms with Crippen LogP contribution >= 0.6 is 11.6 Å². The summed E-state index contributed by atoms with van der Waals surface area (Å²) in [5, 5.41) is 13.1. The second-order valence-electron chi connectivity index (χ2n) is 7.47. The Bertz CT molecular complexity index is 1240. The maximum atomic E-state index is 13.5. The summed E-state index contributed by atoms with van der Waals surface area (Å²) in [7, 11) is 0. The first-order valence-electron chi connectivity index (χ1n) is 9.85. The number of benzene rings is 3. The van der Waals surface area contributed by atoms with Gasteiger partial charge >= 0.3 is 0 Å². The molecule has 0 unspecified atom stereocenters. The zero-order valence-electron chi connectivity index (χ0n) is 16.5. The van der Waals surface area contributed by atoms with Crippen molar-refractivity contribution in [1.82, 2.24) is 0 Å². The Labute approximate surface area is 187 Å². The molecule has 9 heteroatoms. The first-order chi connectivity index (χ1) is 15.5. The van der Waals surface area contributed by atoms with E-state index in [1.807, 2.05) is 6.07 Å². The number of anilines is 2. The van der Waals surface area contributed by atoms with E-state index in [4.69, 9.17) is 16.4 Å². The number of hydrogen-bond donors (Lipinski definition) is 0. The van der Waals surface area contributed by atoms with Crippen molar-refractivity contribution in [1.29, 1.82) is 0 Å². The molecule has 8 nitrogen and oxygen atoms in total. The maximum absolute atomic E-state index is 13.5. The highest BCUT2D eigenvalue weighted by Gasteiger charge is 2.60. The molecule has 2 fully saturated rings. The van der Waals surface area contributed by atoms with Crippen molar-refractivity contribution in [3.63, 3.8) is 0 Å². The number of non-ortho nitro benzene ring substituents is 1. The quantitative estimate of drug-likeness (QED) is 0.335. The number of para-hydroxylation sites is 2. The van der Waals surface area contributed by atoms with Gasteiger partial charge in [0.25, 0.3) is 11.6 Å². The van der Waals surface area contributed by atoms with E-state index in [0.717, 1.165) is 4.90 Å². The van der Waals surface area contributed by atoms with Gasteiger partial charge in [-0.05, 0) is 29.8 Å². The standard InChI is InChI=1S/C23H16ClN3O5/c24-17-11-4-5-12-18(17)25-22(28)19-20(14-7-6-10-16(13-14)27(30)31)26(32-21(19)23(25)29)15-8-2-1-3-9-15/h1-13,19-21H/t19-,20-,21+/m0/s1. The summed E-state index contributed by atoms with van der Waals surface area (Å²) in [6.07, 6.45) is -1.08. The van der Waals surface area contributed by atoms with Gasteiger partial charge in [-0.15, -0.1) is 0 Å². The molecular weight excluding hydrogens is 434 g/mol. The lowest BCUT2D eigenvalue weighted by molar-refractivity contribution is -0.384. The van der Waals surface area contributed by atoms with Crippen molar-refractivity contribution >= 4 is 40.5 Å². The van der Waals surface area contributed by atoms with Crippen LogP contribution in [-0.4, -0.2) is 22.8 Å². The first kappa shape index (κ1) is 20.2. The van der Waals surface area contributed by atoms with Crippen LogP contribution in [0.5, 0.6) is 0 Å². The fraction of sp³-hybridized carbons (Fsp3) is 0.130. The van der Waals surface area contributed by atoms with E-state index in [-0.39, 0.29) is 16.4 Å². The summed E-state index contributed by atoms with van der Waals surface area (Å²) < 4.78 is 0. The van der Waals surface area contributed by atoms with E-state index in [9.17, 15) is 19.7 Å². The Balaban J connectivity index is 1.62. The zero-order chi connectivity index (χ0) is 22.4. The number of hydrogen-bond acceptors (Lipinski definition) is 6. The van der Waals surface area contributed by atoms with Gasteiger partial charge in [-0.25, -0.2) is 9.96 Å². The molecule has 5 rings (SSSR count). The Kier molecular flexibility index (Phi) is 4.88. The minimum atomic E-state index is -1.08. The predicted molar refractivity (Wildman–Crippen MR) is 117 cm³/mol. The predicted octanol–water partition coefficient (Wildman–Crippen LogP) is 4.30. The number of rotatable bonds is 4. The molecule has 3 aromatic rings. The Morgan fingerprint density at radius 3 is 2.34 bits per heavy atom. The molecule has 160 valence electrons. The molecule has 0 saturated carbocycles. The van der Waals surface area contributed by atoms with Crippen LogP contribution in [0.4, 0.5) is 17.1 Å². The molecule has 2 saturated heterocycles. The van der Waals surface area contributed by atoms with Gasteiger partial charge in [0, 0.05) is 12.1 Å². The monoisotopic (exact) mass is 449 g/mol. The van der Waals surface area contributed by atoms with Crippen molar-refractivity contribution in [3.05, 3.63) is 99.6 Å². The molecule has 2 amide bonds. The Hall–Kier alpha value is -3.75. The molecule has 0 bridgehead atoms. The van der Waals surface area contributed by atoms with E-state index in [1.54, 1.807) is 60.7 Å². The van der Waals surface area contributed by atoms with Gasteiger partial charge in [0.1, 0.15) is 5.92 Å². The van der Waals surface area contributed by atoms with Gasteiger partial charge in [0.2, 0.25) is 5.91 Å². The van der Waals surface area contributed by atoms with Gasteiger partial charge in [0.05, 0.1) is 27.4 Å². The molecule has 0 N–H and O–H groups in total. The van der Waals surface area contributed by atoms with Crippen LogP contribution in [0.2, 0.25) is 5.02 Å². The van der Waals surface area contributed by atoms with Crippen molar-refractivity contribution in [2.24, 2.45) is 5.92 Å². The van der Waals surface area contributed by atoms with Crippen LogP contribution in [-0.2, 0) is 14.4 Å². The number of imide groups is 1. The summed E-state index contributed by atoms with van der Waals surface area (Å²) in [5.74, 6) is -1.90. The second-order valence-corrected chi connectivity index (χ2v) is 7.88. The number of fused-ring (bicyclic) bond motifs is 1. The highest BCUT2D eigenvalue weighted by Crippen LogP contribution is 2.48. The van der Waals surface area contributed by atoms with E-state index in [0.29, 0.717) is 11.3 Å². The van der Waals surface area contributed by atoms with Crippen LogP contribution in [0.3, 0.4) is 0 Å². The summed E-state index contributed by atoms with van der Waals surface area (Å²) in [6, 6.07) is 20.9. The third kappa shape index (κ3) is 3.12. The van der Waals surface area contributed by atoms with Gasteiger partial charge < -0.3 is 0 Å². The Morgan fingerprint density at radius 1 is 0.906 bits per heavy atom. The van der Waals surface area contributed by atoms with Crippen molar-refractivity contribution < 1.29 is 19.3 Å². The molecule has 32 heavy (non-hydrogen) atoms. The summed E-state index contributed by atoms with van der Waals surface area (Å²) in [6.45, 7) is 0. The normalized spacial score (nSPS) is 22.3. The van der Waals surface area contributed by atoms with Gasteiger partial charge in [-0.1, -0.05) is 54.1 Å². The molecule has 2 aliphatic heterocycles. The smallest absolute Gasteiger partial charge is 0.269 e. The fourth-order valence-corrected chi connectivity index (χ4v) is 4.47. The average Bonchev–Trinajstić information content (AvgIpc) is 3.31. The summed E-state index contributed by atoms with van der Waals surface area (Å²) in [5.41, 5.74) is 1.30. The van der Waals surface area contributed by atoms with Crippen LogP contribution in [0.1, 0.15) is 11.6 Å². The topological polar surface area (TPSA) is 93.0 Å². The lowest BCUT2D eigenvalue weighted by atomic mass is 9.90. The highest BCUT2D eigenvalue weighted by atomic mass is 35.5. The SMILES string of the molecule is O=C1[C@@H]2[C@@H](ON(c3ccccc3)[C@H]2c2cccc([N+](=O)[O-])c2)C(=O)N1c1ccccc1Cl. The average molecular weight is 450 g/mol. The number of hydroxylamine groups is 1. The van der Waals surface area contributed by atoms with E-state index in [2.05, 4.69) is 0 Å². The van der Waals surface area contributed by atoms with E-state index in [1.165, 1.54) is 17.2 Å². The van der Waals surface area contributed by atoms with Crippen molar-refractivity contribution in [2.45, 2.75) is 12.1 Å². The minimum Gasteiger partial charge on any atom is -0.273 e. The number of nitrogens with zero attached hydrogens (tertiary/aromatic N) is 3. The number of nitro benzene ring substituents is 1. The van der Waals surface area contributed by atoms with Gasteiger partial charge in [-0.3, -0.25) is 24.5 Å². The van der Waals surface area contributed by atoms with Crippen LogP contribution in [0.15, 0.2) is 78.9 Å². The zero-order valence-corrected chi connectivity index (χ0v) is 17.3. The lowest BCUT2D eigenvalue weighted by Crippen LogP contribution is -2.37. The molecule has 3 atom stereocenters. The minimum absolute atomic E-state index is 0.112. The Morgan fingerprint density at radius 2 is 1.62 bits per heavy atom. The molecule has 0 radical (unpaired) electrons. The number of halogens is 1. The number of carbonyl (C=O) groups excluding carboxylic acids is 2. The molecule has 3 aromatic carbocycles. The molecule has 0 aromatic heterocycles. The second kappa shape index (κ2) is 7.74. The third-order valence-corrected chi connectivity index (χ3v) is 5.96. The lowest BCUT2D eigenvalue weighted by Gasteiger charge is -2.28. The molecule has 2 aliphatic rings. The summed E-state index contributed by atoms with van der Waals surface area (Å²) >= 11 is 6.25. The molecule has 0 aliphatic carbocycles. The van der Waals surface area contributed by atoms with Crippen LogP contribution in [0.25, 0.3) is 0 Å². The largest absolute Gasteiger partial charge is 0.273 e. The first-order valence-corrected chi connectivity index (χ1v) is 10.2. The third-order valence-electron chi connectivity index (χ3n) is 5.64.